The van der Waals surface area contributed by atoms with Gasteiger partial charge in [-0.1, -0.05) is 36.0 Å². The number of amides is 1. The first-order valence-corrected chi connectivity index (χ1v) is 12.8. The lowest BCUT2D eigenvalue weighted by molar-refractivity contribution is -0.688. The number of rotatable bonds is 8. The van der Waals surface area contributed by atoms with Gasteiger partial charge in [0.25, 0.3) is 0 Å². The van der Waals surface area contributed by atoms with Crippen LogP contribution in [0.5, 0.6) is 0 Å². The molecule has 10 nitrogen and oxygen atoms in total. The number of carboxylic acids is 1. The number of hydrogen-bond acceptors (Lipinski definition) is 7. The van der Waals surface area contributed by atoms with E-state index in [-0.39, 0.29) is 17.4 Å². The highest BCUT2D eigenvalue weighted by Crippen LogP contribution is 2.53. The number of aliphatic hydroxyl groups excluding tert-OH is 1. The number of carboxylic acid groups (broad SMARTS) is 1. The Kier molecular flexibility index (Phi) is 6.35. The number of pyridine rings is 1. The molecule has 1 amide bonds. The second-order valence-electron chi connectivity index (χ2n) is 8.01. The minimum Gasteiger partial charge on any atom is -0.477 e. The van der Waals surface area contributed by atoms with Crippen LogP contribution < -0.4 is 9.29 Å². The molecule has 2 aliphatic heterocycles. The molecule has 4 rings (SSSR count). The van der Waals surface area contributed by atoms with E-state index in [0.29, 0.717) is 22.6 Å². The van der Waals surface area contributed by atoms with Gasteiger partial charge < -0.3 is 10.2 Å². The predicted octanol–water partition coefficient (Wildman–Crippen LogP) is 0.588. The maximum absolute atomic E-state index is 12.4. The van der Waals surface area contributed by atoms with E-state index in [1.807, 2.05) is 16.7 Å². The average molecular weight is 502 g/mol. The molecule has 0 radical (unpaired) electrons. The van der Waals surface area contributed by atoms with E-state index in [4.69, 9.17) is 5.26 Å². The minimum absolute atomic E-state index is 0.0598. The molecule has 34 heavy (non-hydrogen) atoms. The second kappa shape index (κ2) is 9.09. The fraction of sp³-hybridized carbons (Fsp3) is 0.273. The number of β-lactam (4-membered cyclic amide) rings is 1. The summed E-state index contributed by atoms with van der Waals surface area (Å²) in [6.45, 7) is 2.03. The summed E-state index contributed by atoms with van der Waals surface area (Å²) in [7, 11) is -3.70. The predicted molar refractivity (Wildman–Crippen MR) is 122 cm³/mol. The quantitative estimate of drug-likeness (QED) is 0.206. The molecule has 12 heteroatoms. The van der Waals surface area contributed by atoms with Crippen molar-refractivity contribution in [3.8, 4) is 6.19 Å². The monoisotopic (exact) mass is 501 g/mol. The third-order valence-corrected chi connectivity index (χ3v) is 8.13. The number of nitrogens with one attached hydrogen (secondary N) is 1. The van der Waals surface area contributed by atoms with Crippen molar-refractivity contribution in [1.29, 1.82) is 5.26 Å². The SMILES string of the molecule is C[C@@H](O)C1C(=O)N2C(C(=O)O)=C(c3ccc(C[n+]4ccc(CS(=O)(=O)NC#N)cc4)cc3)S[C@H]12. The number of hydrogen-bond donors (Lipinski definition) is 3. The van der Waals surface area contributed by atoms with Crippen LogP contribution in [0.25, 0.3) is 4.91 Å². The standard InChI is InChI=1S/C22H20N4O6S2/c1-13(27)17-20(28)26-18(22(29)30)19(33-21(17)26)16-4-2-14(3-5-16)10-25-8-6-15(7-9-25)11-34(31,32)24-12-23/h2-9,13,17,21,24,27H,10-11H2,1H3/p+1/t13-,17?,21-/m1/s1. The van der Waals surface area contributed by atoms with Crippen molar-refractivity contribution in [3.63, 3.8) is 0 Å². The van der Waals surface area contributed by atoms with Crippen LogP contribution in [0.2, 0.25) is 0 Å². The Hall–Kier alpha value is -3.40. The van der Waals surface area contributed by atoms with Gasteiger partial charge in [-0.2, -0.15) is 5.26 Å². The molecule has 3 atom stereocenters. The van der Waals surface area contributed by atoms with Gasteiger partial charge in [-0.05, 0) is 18.1 Å². The number of thioether (sulfide) groups is 1. The topological polar surface area (TPSA) is 152 Å². The first-order chi connectivity index (χ1) is 16.1. The number of carbonyl (C=O) groups excluding carboxylic acids is 1. The summed E-state index contributed by atoms with van der Waals surface area (Å²) in [6, 6.07) is 10.6. The maximum atomic E-state index is 12.4. The van der Waals surface area contributed by atoms with Crippen molar-refractivity contribution in [1.82, 2.24) is 9.62 Å². The van der Waals surface area contributed by atoms with Gasteiger partial charge in [0.1, 0.15) is 11.1 Å². The molecule has 3 N–H and O–H groups in total. The van der Waals surface area contributed by atoms with Gasteiger partial charge in [-0.25, -0.2) is 22.5 Å². The first kappa shape index (κ1) is 23.7. The number of carbonyl (C=O) groups is 2. The third kappa shape index (κ3) is 4.50. The van der Waals surface area contributed by atoms with Crippen molar-refractivity contribution >= 4 is 38.6 Å². The molecule has 1 aromatic carbocycles. The van der Waals surface area contributed by atoms with Gasteiger partial charge in [0, 0.05) is 22.6 Å². The average Bonchev–Trinajstić information content (AvgIpc) is 3.10. The van der Waals surface area contributed by atoms with E-state index in [2.05, 4.69) is 0 Å². The number of sulfonamides is 1. The van der Waals surface area contributed by atoms with E-state index in [1.165, 1.54) is 29.8 Å². The highest BCUT2D eigenvalue weighted by Gasteiger charge is 2.57. The van der Waals surface area contributed by atoms with Crippen LogP contribution in [0.4, 0.5) is 0 Å². The smallest absolute Gasteiger partial charge is 0.353 e. The summed E-state index contributed by atoms with van der Waals surface area (Å²) >= 11 is 1.27. The first-order valence-electron chi connectivity index (χ1n) is 10.2. The fourth-order valence-corrected chi connectivity index (χ4v) is 6.43. The van der Waals surface area contributed by atoms with Crippen molar-refractivity contribution in [2.24, 2.45) is 5.92 Å². The lowest BCUT2D eigenvalue weighted by Gasteiger charge is -2.43. The largest absolute Gasteiger partial charge is 0.477 e. The van der Waals surface area contributed by atoms with E-state index < -0.39 is 33.4 Å². The van der Waals surface area contributed by atoms with Gasteiger partial charge in [0.15, 0.2) is 25.1 Å². The Labute approximate surface area is 200 Å². The Morgan fingerprint density at radius 2 is 1.88 bits per heavy atom. The van der Waals surface area contributed by atoms with Crippen LogP contribution in [0.15, 0.2) is 54.5 Å². The third-order valence-electron chi connectivity index (χ3n) is 5.60. The highest BCUT2D eigenvalue weighted by molar-refractivity contribution is 8.09. The van der Waals surface area contributed by atoms with Crippen molar-refractivity contribution in [2.45, 2.75) is 30.7 Å². The molecule has 0 saturated carbocycles. The van der Waals surface area contributed by atoms with Gasteiger partial charge in [-0.3, -0.25) is 9.69 Å². The summed E-state index contributed by atoms with van der Waals surface area (Å²) in [5, 5.41) is 27.6. The number of benzene rings is 1. The van der Waals surface area contributed by atoms with E-state index in [0.717, 1.165) is 5.56 Å². The summed E-state index contributed by atoms with van der Waals surface area (Å²) in [6.07, 6.45) is 4.02. The van der Waals surface area contributed by atoms with E-state index >= 15 is 0 Å². The number of fused-ring (bicyclic) bond motifs is 1. The fourth-order valence-electron chi connectivity index (χ4n) is 3.97. The Bertz CT molecular complexity index is 1310. The Balaban J connectivity index is 1.48. The zero-order chi connectivity index (χ0) is 24.6. The Morgan fingerprint density at radius 1 is 1.24 bits per heavy atom. The molecule has 0 spiro atoms. The van der Waals surface area contributed by atoms with Crippen LogP contribution in [-0.4, -0.2) is 46.9 Å². The number of aliphatic carboxylic acids is 1. The van der Waals surface area contributed by atoms with Gasteiger partial charge in [-0.15, -0.1) is 0 Å². The summed E-state index contributed by atoms with van der Waals surface area (Å²) < 4.78 is 27.0. The number of nitrogens with zero attached hydrogens (tertiary/aromatic N) is 3. The molecule has 2 aromatic rings. The Morgan fingerprint density at radius 3 is 2.44 bits per heavy atom. The van der Waals surface area contributed by atoms with Crippen LogP contribution in [0.1, 0.15) is 23.6 Å². The van der Waals surface area contributed by atoms with Crippen LogP contribution in [-0.2, 0) is 31.9 Å². The molecular weight excluding hydrogens is 480 g/mol. The molecule has 176 valence electrons. The summed E-state index contributed by atoms with van der Waals surface area (Å²) in [5.41, 5.74) is 2.08. The molecule has 3 heterocycles. The van der Waals surface area contributed by atoms with E-state index in [1.54, 1.807) is 41.4 Å². The van der Waals surface area contributed by atoms with Crippen molar-refractivity contribution in [2.75, 3.05) is 0 Å². The number of nitriles is 1. The molecule has 1 aromatic heterocycles. The van der Waals surface area contributed by atoms with Gasteiger partial charge >= 0.3 is 5.97 Å². The molecule has 0 aliphatic carbocycles. The van der Waals surface area contributed by atoms with Crippen LogP contribution in [0.3, 0.4) is 0 Å². The van der Waals surface area contributed by atoms with E-state index in [9.17, 15) is 28.2 Å². The van der Waals surface area contributed by atoms with Crippen LogP contribution in [0, 0.1) is 17.4 Å². The zero-order valence-electron chi connectivity index (χ0n) is 18.0. The minimum atomic E-state index is -3.70. The highest BCUT2D eigenvalue weighted by atomic mass is 32.2. The normalized spacial score (nSPS) is 20.4. The molecule has 1 fully saturated rings. The number of aromatic nitrogens is 1. The summed E-state index contributed by atoms with van der Waals surface area (Å²) in [4.78, 5) is 26.0. The summed E-state index contributed by atoms with van der Waals surface area (Å²) in [5.74, 6) is -2.49. The molecular formula is C22H21N4O6S2+. The molecule has 1 unspecified atom stereocenters. The molecule has 2 aliphatic rings. The lowest BCUT2D eigenvalue weighted by Crippen LogP contribution is -2.60. The van der Waals surface area contributed by atoms with Gasteiger partial charge in [0.2, 0.25) is 15.9 Å². The molecule has 0 bridgehead atoms. The zero-order valence-corrected chi connectivity index (χ0v) is 19.6. The van der Waals surface area contributed by atoms with Gasteiger partial charge in [0.05, 0.1) is 17.8 Å². The van der Waals surface area contributed by atoms with Crippen molar-refractivity contribution in [3.05, 3.63) is 71.2 Å². The second-order valence-corrected chi connectivity index (χ2v) is 10.9. The maximum Gasteiger partial charge on any atom is 0.353 e. The number of aliphatic hydroxyl groups is 1. The molecule has 1 saturated heterocycles. The van der Waals surface area contributed by atoms with Crippen molar-refractivity contribution < 1.29 is 32.8 Å². The lowest BCUT2D eigenvalue weighted by atomic mass is 9.92. The van der Waals surface area contributed by atoms with Crippen LogP contribution >= 0.6 is 11.8 Å².